The van der Waals surface area contributed by atoms with E-state index in [1.54, 1.807) is 6.33 Å². The third-order valence-electron chi connectivity index (χ3n) is 4.68. The van der Waals surface area contributed by atoms with Crippen LogP contribution < -0.4 is 5.32 Å². The normalized spacial score (nSPS) is 21.2. The molecule has 4 nitrogen and oxygen atoms in total. The maximum atomic E-state index is 4.19. The molecule has 112 valence electrons. The SMILES string of the molecule is Cn1cnnc1-c1cccc(NC2CCCCC2(C)C)c1. The summed E-state index contributed by atoms with van der Waals surface area (Å²) in [5, 5.41) is 11.9. The minimum absolute atomic E-state index is 0.360. The molecule has 1 N–H and O–H groups in total. The number of hydrogen-bond acceptors (Lipinski definition) is 3. The standard InChI is InChI=1S/C17H24N4/c1-17(2)10-5-4-9-15(17)19-14-8-6-7-13(11-14)16-20-18-12-21(16)3/h6-8,11-12,15,19H,4-5,9-10H2,1-3H3. The van der Waals surface area contributed by atoms with Crippen LogP contribution in [0.25, 0.3) is 11.4 Å². The highest BCUT2D eigenvalue weighted by atomic mass is 15.2. The van der Waals surface area contributed by atoms with Crippen molar-refractivity contribution in [1.82, 2.24) is 14.8 Å². The van der Waals surface area contributed by atoms with Crippen LogP contribution in [-0.2, 0) is 7.05 Å². The molecule has 1 aromatic heterocycles. The zero-order valence-electron chi connectivity index (χ0n) is 13.1. The minimum atomic E-state index is 0.360. The van der Waals surface area contributed by atoms with Gasteiger partial charge in [0, 0.05) is 24.3 Å². The fraction of sp³-hybridized carbons (Fsp3) is 0.529. The van der Waals surface area contributed by atoms with Gasteiger partial charge in [0.25, 0.3) is 0 Å². The van der Waals surface area contributed by atoms with Crippen LogP contribution in [0, 0.1) is 5.41 Å². The van der Waals surface area contributed by atoms with Gasteiger partial charge < -0.3 is 9.88 Å². The maximum absolute atomic E-state index is 4.19. The van der Waals surface area contributed by atoms with E-state index in [-0.39, 0.29) is 0 Å². The highest BCUT2D eigenvalue weighted by Crippen LogP contribution is 2.37. The van der Waals surface area contributed by atoms with Gasteiger partial charge in [-0.3, -0.25) is 0 Å². The number of nitrogens with one attached hydrogen (secondary N) is 1. The number of anilines is 1. The molecule has 3 rings (SSSR count). The third-order valence-corrected chi connectivity index (χ3v) is 4.68. The summed E-state index contributed by atoms with van der Waals surface area (Å²) in [4.78, 5) is 0. The Morgan fingerprint density at radius 2 is 2.14 bits per heavy atom. The molecule has 0 amide bonds. The molecule has 2 aromatic rings. The fourth-order valence-corrected chi connectivity index (χ4v) is 3.26. The smallest absolute Gasteiger partial charge is 0.163 e. The van der Waals surface area contributed by atoms with Gasteiger partial charge in [-0.15, -0.1) is 10.2 Å². The second-order valence-electron chi connectivity index (χ2n) is 6.78. The lowest BCUT2D eigenvalue weighted by molar-refractivity contribution is 0.217. The van der Waals surface area contributed by atoms with E-state index in [0.29, 0.717) is 11.5 Å². The van der Waals surface area contributed by atoms with Crippen molar-refractivity contribution in [1.29, 1.82) is 0 Å². The predicted molar refractivity (Wildman–Crippen MR) is 86.1 cm³/mol. The van der Waals surface area contributed by atoms with Crippen molar-refractivity contribution in [2.24, 2.45) is 12.5 Å². The Balaban J connectivity index is 1.82. The van der Waals surface area contributed by atoms with Crippen LogP contribution in [0.15, 0.2) is 30.6 Å². The number of aromatic nitrogens is 3. The topological polar surface area (TPSA) is 42.7 Å². The molecule has 1 aromatic carbocycles. The van der Waals surface area contributed by atoms with Gasteiger partial charge in [0.1, 0.15) is 6.33 Å². The van der Waals surface area contributed by atoms with E-state index in [2.05, 4.69) is 53.6 Å². The van der Waals surface area contributed by atoms with Crippen molar-refractivity contribution in [2.75, 3.05) is 5.32 Å². The molecular formula is C17H24N4. The lowest BCUT2D eigenvalue weighted by Gasteiger charge is -2.39. The summed E-state index contributed by atoms with van der Waals surface area (Å²) >= 11 is 0. The summed E-state index contributed by atoms with van der Waals surface area (Å²) in [5.41, 5.74) is 2.64. The molecular weight excluding hydrogens is 260 g/mol. The number of aryl methyl sites for hydroxylation is 1. The Labute approximate surface area is 126 Å². The number of rotatable bonds is 3. The molecule has 0 saturated heterocycles. The first-order chi connectivity index (χ1) is 10.1. The van der Waals surface area contributed by atoms with Crippen molar-refractivity contribution in [3.8, 4) is 11.4 Å². The molecule has 0 spiro atoms. The van der Waals surface area contributed by atoms with Crippen molar-refractivity contribution in [2.45, 2.75) is 45.6 Å². The van der Waals surface area contributed by atoms with Gasteiger partial charge in [-0.05, 0) is 30.4 Å². The second-order valence-corrected chi connectivity index (χ2v) is 6.78. The van der Waals surface area contributed by atoms with E-state index in [9.17, 15) is 0 Å². The molecule has 0 aliphatic heterocycles. The molecule has 21 heavy (non-hydrogen) atoms. The summed E-state index contributed by atoms with van der Waals surface area (Å²) in [6, 6.07) is 9.03. The van der Waals surface area contributed by atoms with Crippen LogP contribution in [0.2, 0.25) is 0 Å². The van der Waals surface area contributed by atoms with Crippen molar-refractivity contribution < 1.29 is 0 Å². The monoisotopic (exact) mass is 284 g/mol. The van der Waals surface area contributed by atoms with Crippen molar-refractivity contribution >= 4 is 5.69 Å². The van der Waals surface area contributed by atoms with Gasteiger partial charge in [-0.2, -0.15) is 0 Å². The van der Waals surface area contributed by atoms with E-state index < -0.39 is 0 Å². The number of benzene rings is 1. The zero-order chi connectivity index (χ0) is 14.9. The molecule has 1 saturated carbocycles. The summed E-state index contributed by atoms with van der Waals surface area (Å²) in [7, 11) is 1.97. The van der Waals surface area contributed by atoms with Gasteiger partial charge in [0.2, 0.25) is 0 Å². The molecule has 1 aliphatic carbocycles. The van der Waals surface area contributed by atoms with Crippen LogP contribution in [0.3, 0.4) is 0 Å². The zero-order valence-corrected chi connectivity index (χ0v) is 13.1. The van der Waals surface area contributed by atoms with E-state index in [0.717, 1.165) is 11.4 Å². The Hall–Kier alpha value is -1.84. The van der Waals surface area contributed by atoms with Crippen LogP contribution in [0.4, 0.5) is 5.69 Å². The predicted octanol–water partition coefficient (Wildman–Crippen LogP) is 3.86. The molecule has 1 heterocycles. The largest absolute Gasteiger partial charge is 0.382 e. The van der Waals surface area contributed by atoms with E-state index in [1.807, 2.05) is 11.6 Å². The van der Waals surface area contributed by atoms with Gasteiger partial charge in [0.05, 0.1) is 0 Å². The molecule has 1 aliphatic rings. The summed E-state index contributed by atoms with van der Waals surface area (Å²) < 4.78 is 1.95. The summed E-state index contributed by atoms with van der Waals surface area (Å²) in [6.45, 7) is 4.74. The molecule has 0 radical (unpaired) electrons. The maximum Gasteiger partial charge on any atom is 0.163 e. The molecule has 1 fully saturated rings. The molecule has 4 heteroatoms. The van der Waals surface area contributed by atoms with Crippen LogP contribution in [0.1, 0.15) is 39.5 Å². The van der Waals surface area contributed by atoms with E-state index in [4.69, 9.17) is 0 Å². The van der Waals surface area contributed by atoms with Crippen LogP contribution >= 0.6 is 0 Å². The first-order valence-electron chi connectivity index (χ1n) is 7.77. The van der Waals surface area contributed by atoms with E-state index in [1.165, 1.54) is 31.4 Å². The van der Waals surface area contributed by atoms with Crippen LogP contribution in [0.5, 0.6) is 0 Å². The summed E-state index contributed by atoms with van der Waals surface area (Å²) in [5.74, 6) is 0.904. The third kappa shape index (κ3) is 2.94. The molecule has 0 bridgehead atoms. The average Bonchev–Trinajstić information content (AvgIpc) is 2.88. The van der Waals surface area contributed by atoms with E-state index >= 15 is 0 Å². The first kappa shape index (κ1) is 14.1. The summed E-state index contributed by atoms with van der Waals surface area (Å²) in [6.07, 6.45) is 6.96. The quantitative estimate of drug-likeness (QED) is 0.930. The highest BCUT2D eigenvalue weighted by Gasteiger charge is 2.31. The lowest BCUT2D eigenvalue weighted by Crippen LogP contribution is -2.38. The lowest BCUT2D eigenvalue weighted by atomic mass is 9.73. The minimum Gasteiger partial charge on any atom is -0.382 e. The van der Waals surface area contributed by atoms with Crippen molar-refractivity contribution in [3.63, 3.8) is 0 Å². The average molecular weight is 284 g/mol. The van der Waals surface area contributed by atoms with Gasteiger partial charge >= 0.3 is 0 Å². The number of hydrogen-bond donors (Lipinski definition) is 1. The van der Waals surface area contributed by atoms with Gasteiger partial charge in [-0.25, -0.2) is 0 Å². The van der Waals surface area contributed by atoms with Crippen LogP contribution in [-0.4, -0.2) is 20.8 Å². The number of nitrogens with zero attached hydrogens (tertiary/aromatic N) is 3. The first-order valence-corrected chi connectivity index (χ1v) is 7.77. The molecule has 1 atom stereocenters. The fourth-order valence-electron chi connectivity index (χ4n) is 3.26. The Kier molecular flexibility index (Phi) is 3.70. The van der Waals surface area contributed by atoms with Crippen molar-refractivity contribution in [3.05, 3.63) is 30.6 Å². The Morgan fingerprint density at radius 3 is 2.86 bits per heavy atom. The Bertz CT molecular complexity index is 615. The second kappa shape index (κ2) is 5.51. The van der Waals surface area contributed by atoms with Gasteiger partial charge in [0.15, 0.2) is 5.82 Å². The Morgan fingerprint density at radius 1 is 1.29 bits per heavy atom. The highest BCUT2D eigenvalue weighted by molar-refractivity contribution is 5.62. The molecule has 1 unspecified atom stereocenters. The van der Waals surface area contributed by atoms with Gasteiger partial charge in [-0.1, -0.05) is 38.8 Å².